The molecule has 0 radical (unpaired) electrons. The molecule has 0 fully saturated rings. The third-order valence-electron chi connectivity index (χ3n) is 3.19. The van der Waals surface area contributed by atoms with Crippen LogP contribution in [0, 0.1) is 0 Å². The Morgan fingerprint density at radius 3 is 2.24 bits per heavy atom. The Kier molecular flexibility index (Phi) is 8.86. The summed E-state index contributed by atoms with van der Waals surface area (Å²) in [6.07, 6.45) is 6.17. The summed E-state index contributed by atoms with van der Waals surface area (Å²) in [4.78, 5) is 0. The first-order chi connectivity index (χ1) is 10.0. The molecule has 0 aliphatic heterocycles. The van der Waals surface area contributed by atoms with Crippen molar-refractivity contribution >= 4 is 17.6 Å². The second-order valence-corrected chi connectivity index (χ2v) is 8.26. The number of benzene rings is 1. The van der Waals surface area contributed by atoms with Gasteiger partial charge >= 0.3 is 0 Å². The van der Waals surface area contributed by atoms with E-state index in [0.717, 1.165) is 13.1 Å². The van der Waals surface area contributed by atoms with E-state index in [2.05, 4.69) is 62.0 Å². The Hall–Kier alpha value is -0.670. The lowest BCUT2D eigenvalue weighted by molar-refractivity contribution is 0.733. The fraction of sp³-hybridized carbons (Fsp3) is 0.667. The molecule has 120 valence electrons. The van der Waals surface area contributed by atoms with Crippen LogP contribution in [-0.4, -0.2) is 17.8 Å². The van der Waals surface area contributed by atoms with E-state index >= 15 is 0 Å². The summed E-state index contributed by atoms with van der Waals surface area (Å²) in [5.41, 5.74) is 2.69. The standard InChI is InChI=1S/C18H32N2S/c1-5-6-9-16-10-12-17(13-11-16)19-14-7-8-15-20-21-18(2,3)4/h10-13,19-20H,5-9,14-15H2,1-4H3. The van der Waals surface area contributed by atoms with Gasteiger partial charge < -0.3 is 5.32 Å². The Bertz CT molecular complexity index is 368. The Morgan fingerprint density at radius 1 is 0.952 bits per heavy atom. The van der Waals surface area contributed by atoms with Crippen molar-refractivity contribution in [3.05, 3.63) is 29.8 Å². The van der Waals surface area contributed by atoms with Gasteiger partial charge in [-0.2, -0.15) is 0 Å². The fourth-order valence-electron chi connectivity index (χ4n) is 1.99. The Morgan fingerprint density at radius 2 is 1.62 bits per heavy atom. The van der Waals surface area contributed by atoms with Crippen LogP contribution >= 0.6 is 11.9 Å². The zero-order valence-corrected chi connectivity index (χ0v) is 15.0. The number of rotatable bonds is 10. The summed E-state index contributed by atoms with van der Waals surface area (Å²) in [5.74, 6) is 0. The van der Waals surface area contributed by atoms with Crippen LogP contribution in [0.15, 0.2) is 24.3 Å². The maximum absolute atomic E-state index is 3.50. The van der Waals surface area contributed by atoms with Gasteiger partial charge in [0.1, 0.15) is 0 Å². The molecule has 0 saturated heterocycles. The number of unbranched alkanes of at least 4 members (excludes halogenated alkanes) is 2. The lowest BCUT2D eigenvalue weighted by Crippen LogP contribution is -2.18. The van der Waals surface area contributed by atoms with Gasteiger partial charge in [0.2, 0.25) is 0 Å². The summed E-state index contributed by atoms with van der Waals surface area (Å²) in [6, 6.07) is 8.91. The highest BCUT2D eigenvalue weighted by molar-refractivity contribution is 7.98. The second-order valence-electron chi connectivity index (χ2n) is 6.54. The summed E-state index contributed by atoms with van der Waals surface area (Å²) in [6.45, 7) is 11.1. The van der Waals surface area contributed by atoms with E-state index < -0.39 is 0 Å². The maximum Gasteiger partial charge on any atom is 0.0340 e. The topological polar surface area (TPSA) is 24.1 Å². The van der Waals surface area contributed by atoms with E-state index in [1.807, 2.05) is 11.9 Å². The predicted octanol–water partition coefficient (Wildman–Crippen LogP) is 5.26. The normalized spacial score (nSPS) is 11.6. The molecule has 3 heteroatoms. The maximum atomic E-state index is 3.50. The monoisotopic (exact) mass is 308 g/mol. The molecule has 2 nitrogen and oxygen atoms in total. The molecule has 0 saturated carbocycles. The first kappa shape index (κ1) is 18.4. The first-order valence-corrected chi connectivity index (χ1v) is 9.06. The van der Waals surface area contributed by atoms with E-state index in [0.29, 0.717) is 4.75 Å². The van der Waals surface area contributed by atoms with Gasteiger partial charge in [0.15, 0.2) is 0 Å². The van der Waals surface area contributed by atoms with Gasteiger partial charge in [-0.25, -0.2) is 0 Å². The van der Waals surface area contributed by atoms with Crippen LogP contribution in [0.4, 0.5) is 5.69 Å². The number of hydrogen-bond donors (Lipinski definition) is 2. The molecule has 0 aromatic heterocycles. The Labute approximate surface area is 135 Å². The molecule has 0 bridgehead atoms. The smallest absolute Gasteiger partial charge is 0.0340 e. The van der Waals surface area contributed by atoms with Gasteiger partial charge in [-0.05, 0) is 64.2 Å². The minimum Gasteiger partial charge on any atom is -0.385 e. The van der Waals surface area contributed by atoms with Crippen LogP contribution in [0.2, 0.25) is 0 Å². The number of nitrogens with one attached hydrogen (secondary N) is 2. The molecule has 0 unspecified atom stereocenters. The molecule has 2 N–H and O–H groups in total. The molecule has 1 aromatic rings. The van der Waals surface area contributed by atoms with Crippen LogP contribution in [0.3, 0.4) is 0 Å². The Balaban J connectivity index is 2.07. The van der Waals surface area contributed by atoms with Gasteiger partial charge in [-0.15, -0.1) is 0 Å². The zero-order chi connectivity index (χ0) is 15.6. The van der Waals surface area contributed by atoms with Crippen molar-refractivity contribution in [3.8, 4) is 0 Å². The molecule has 21 heavy (non-hydrogen) atoms. The highest BCUT2D eigenvalue weighted by Crippen LogP contribution is 2.19. The van der Waals surface area contributed by atoms with Crippen molar-refractivity contribution < 1.29 is 0 Å². The molecule has 0 spiro atoms. The highest BCUT2D eigenvalue weighted by atomic mass is 32.2. The molecular formula is C18H32N2S. The van der Waals surface area contributed by atoms with E-state index in [1.165, 1.54) is 43.4 Å². The van der Waals surface area contributed by atoms with E-state index in [-0.39, 0.29) is 0 Å². The van der Waals surface area contributed by atoms with Crippen molar-refractivity contribution in [3.63, 3.8) is 0 Å². The van der Waals surface area contributed by atoms with Crippen LogP contribution in [0.25, 0.3) is 0 Å². The lowest BCUT2D eigenvalue weighted by atomic mass is 10.1. The van der Waals surface area contributed by atoms with Gasteiger partial charge in [-0.3, -0.25) is 4.72 Å². The summed E-state index contributed by atoms with van der Waals surface area (Å²) >= 11 is 1.83. The number of anilines is 1. The first-order valence-electron chi connectivity index (χ1n) is 8.25. The van der Waals surface area contributed by atoms with Gasteiger partial charge in [0.05, 0.1) is 0 Å². The SMILES string of the molecule is CCCCc1ccc(NCCCCNSC(C)(C)C)cc1. The third kappa shape index (κ3) is 9.81. The minimum absolute atomic E-state index is 0.303. The van der Waals surface area contributed by atoms with Crippen molar-refractivity contribution in [2.45, 2.75) is 64.5 Å². The van der Waals surface area contributed by atoms with E-state index in [1.54, 1.807) is 0 Å². The van der Waals surface area contributed by atoms with Gasteiger partial charge in [-0.1, -0.05) is 37.4 Å². The summed E-state index contributed by atoms with van der Waals surface area (Å²) in [5, 5.41) is 3.50. The third-order valence-corrected chi connectivity index (χ3v) is 4.15. The highest BCUT2D eigenvalue weighted by Gasteiger charge is 2.09. The molecule has 0 aliphatic carbocycles. The lowest BCUT2D eigenvalue weighted by Gasteiger charge is -2.17. The molecular weight excluding hydrogens is 276 g/mol. The van der Waals surface area contributed by atoms with Gasteiger partial charge in [0, 0.05) is 23.5 Å². The number of aryl methyl sites for hydroxylation is 1. The molecule has 0 aliphatic rings. The fourth-order valence-corrected chi connectivity index (χ4v) is 2.67. The van der Waals surface area contributed by atoms with E-state index in [9.17, 15) is 0 Å². The van der Waals surface area contributed by atoms with Crippen molar-refractivity contribution in [2.24, 2.45) is 0 Å². The van der Waals surface area contributed by atoms with Crippen LogP contribution in [0.5, 0.6) is 0 Å². The molecule has 0 heterocycles. The quantitative estimate of drug-likeness (QED) is 0.455. The van der Waals surface area contributed by atoms with Crippen molar-refractivity contribution in [2.75, 3.05) is 18.4 Å². The summed E-state index contributed by atoms with van der Waals surface area (Å²) in [7, 11) is 0. The molecule has 1 rings (SSSR count). The average Bonchev–Trinajstić information content (AvgIpc) is 2.44. The van der Waals surface area contributed by atoms with Crippen molar-refractivity contribution in [1.82, 2.24) is 4.72 Å². The van der Waals surface area contributed by atoms with Crippen LogP contribution < -0.4 is 10.0 Å². The van der Waals surface area contributed by atoms with Gasteiger partial charge in [0.25, 0.3) is 0 Å². The van der Waals surface area contributed by atoms with Crippen molar-refractivity contribution in [1.29, 1.82) is 0 Å². The minimum atomic E-state index is 0.303. The van der Waals surface area contributed by atoms with Crippen LogP contribution in [0.1, 0.15) is 58.9 Å². The van der Waals surface area contributed by atoms with Crippen LogP contribution in [-0.2, 0) is 6.42 Å². The second kappa shape index (κ2) is 10.1. The number of hydrogen-bond acceptors (Lipinski definition) is 3. The zero-order valence-electron chi connectivity index (χ0n) is 14.2. The molecule has 0 amide bonds. The largest absolute Gasteiger partial charge is 0.385 e. The van der Waals surface area contributed by atoms with E-state index in [4.69, 9.17) is 0 Å². The predicted molar refractivity (Wildman–Crippen MR) is 98.1 cm³/mol. The summed E-state index contributed by atoms with van der Waals surface area (Å²) < 4.78 is 3.74. The average molecular weight is 309 g/mol. The molecule has 1 aromatic carbocycles. The molecule has 0 atom stereocenters.